The van der Waals surface area contributed by atoms with Crippen molar-refractivity contribution in [2.75, 3.05) is 0 Å². The highest BCUT2D eigenvalue weighted by Crippen LogP contribution is 2.42. The SMILES string of the molecule is C#CC1(n2cc(Br)cn2)CC1. The molecule has 0 spiro atoms. The highest BCUT2D eigenvalue weighted by atomic mass is 79.9. The number of hydrogen-bond acceptors (Lipinski definition) is 1. The van der Waals surface area contributed by atoms with Gasteiger partial charge in [0.15, 0.2) is 0 Å². The van der Waals surface area contributed by atoms with E-state index in [1.165, 1.54) is 0 Å². The molecular formula is C8H7BrN2. The monoisotopic (exact) mass is 210 g/mol. The van der Waals surface area contributed by atoms with E-state index in [0.29, 0.717) is 0 Å². The van der Waals surface area contributed by atoms with Crippen LogP contribution in [0.3, 0.4) is 0 Å². The number of halogens is 1. The fourth-order valence-corrected chi connectivity index (χ4v) is 1.38. The van der Waals surface area contributed by atoms with E-state index in [4.69, 9.17) is 6.42 Å². The third kappa shape index (κ3) is 0.982. The van der Waals surface area contributed by atoms with Crippen molar-refractivity contribution in [3.8, 4) is 12.3 Å². The summed E-state index contributed by atoms with van der Waals surface area (Å²) in [7, 11) is 0. The highest BCUT2D eigenvalue weighted by molar-refractivity contribution is 9.10. The zero-order valence-corrected chi connectivity index (χ0v) is 7.50. The lowest BCUT2D eigenvalue weighted by Gasteiger charge is -2.05. The molecule has 0 aliphatic heterocycles. The van der Waals surface area contributed by atoms with Crippen molar-refractivity contribution in [1.29, 1.82) is 0 Å². The first kappa shape index (κ1) is 6.93. The van der Waals surface area contributed by atoms with Crippen molar-refractivity contribution in [2.45, 2.75) is 18.4 Å². The first-order valence-corrected chi connectivity index (χ1v) is 4.25. The van der Waals surface area contributed by atoms with Gasteiger partial charge in [-0.2, -0.15) is 5.10 Å². The molecule has 1 saturated carbocycles. The minimum absolute atomic E-state index is 0.0913. The maximum absolute atomic E-state index is 5.38. The van der Waals surface area contributed by atoms with Crippen LogP contribution in [0.25, 0.3) is 0 Å². The Morgan fingerprint density at radius 3 is 2.82 bits per heavy atom. The molecule has 1 aromatic heterocycles. The Bertz CT molecular complexity index is 317. The molecule has 1 fully saturated rings. The molecule has 11 heavy (non-hydrogen) atoms. The van der Waals surface area contributed by atoms with Crippen molar-refractivity contribution in [2.24, 2.45) is 0 Å². The summed E-state index contributed by atoms with van der Waals surface area (Å²) in [6.07, 6.45) is 11.2. The summed E-state index contributed by atoms with van der Waals surface area (Å²) >= 11 is 3.33. The smallest absolute Gasteiger partial charge is 0.123 e. The molecule has 1 aliphatic rings. The van der Waals surface area contributed by atoms with E-state index in [9.17, 15) is 0 Å². The Labute approximate surface area is 73.7 Å². The fourth-order valence-electron chi connectivity index (χ4n) is 1.09. The van der Waals surface area contributed by atoms with Gasteiger partial charge in [0.2, 0.25) is 0 Å². The van der Waals surface area contributed by atoms with Gasteiger partial charge >= 0.3 is 0 Å². The molecular weight excluding hydrogens is 204 g/mol. The van der Waals surface area contributed by atoms with Crippen molar-refractivity contribution in [1.82, 2.24) is 9.78 Å². The van der Waals surface area contributed by atoms with Crippen LogP contribution in [-0.4, -0.2) is 9.78 Å². The molecule has 2 nitrogen and oxygen atoms in total. The number of terminal acetylenes is 1. The summed E-state index contributed by atoms with van der Waals surface area (Å²) in [5.41, 5.74) is -0.0913. The van der Waals surface area contributed by atoms with Gasteiger partial charge in [-0.15, -0.1) is 6.42 Å². The predicted molar refractivity (Wildman–Crippen MR) is 46.0 cm³/mol. The molecule has 0 unspecified atom stereocenters. The van der Waals surface area contributed by atoms with E-state index in [1.807, 2.05) is 10.9 Å². The molecule has 0 aromatic carbocycles. The molecule has 0 atom stereocenters. The summed E-state index contributed by atoms with van der Waals surface area (Å²) in [6, 6.07) is 0. The summed E-state index contributed by atoms with van der Waals surface area (Å²) < 4.78 is 2.84. The third-order valence-electron chi connectivity index (χ3n) is 1.98. The molecule has 3 heteroatoms. The maximum atomic E-state index is 5.38. The van der Waals surface area contributed by atoms with E-state index >= 15 is 0 Å². The topological polar surface area (TPSA) is 17.8 Å². The lowest BCUT2D eigenvalue weighted by Crippen LogP contribution is -2.14. The second-order valence-electron chi connectivity index (χ2n) is 2.78. The molecule has 0 N–H and O–H groups in total. The molecule has 0 saturated heterocycles. The lowest BCUT2D eigenvalue weighted by atomic mass is 10.3. The van der Waals surface area contributed by atoms with Gasteiger partial charge in [-0.25, -0.2) is 0 Å². The number of aromatic nitrogens is 2. The standard InChI is InChI=1S/C8H7BrN2/c1-2-8(3-4-8)11-6-7(9)5-10-11/h1,5-6H,3-4H2. The van der Waals surface area contributed by atoms with Crippen LogP contribution in [0.15, 0.2) is 16.9 Å². The molecule has 1 heterocycles. The minimum atomic E-state index is -0.0913. The van der Waals surface area contributed by atoms with Crippen LogP contribution in [0.5, 0.6) is 0 Å². The second-order valence-corrected chi connectivity index (χ2v) is 3.69. The Morgan fingerprint density at radius 2 is 2.45 bits per heavy atom. The van der Waals surface area contributed by atoms with Gasteiger partial charge in [0.25, 0.3) is 0 Å². The normalized spacial score (nSPS) is 19.3. The zero-order chi connectivity index (χ0) is 7.90. The van der Waals surface area contributed by atoms with Gasteiger partial charge < -0.3 is 0 Å². The summed E-state index contributed by atoms with van der Waals surface area (Å²) in [5, 5.41) is 4.15. The Kier molecular flexibility index (Phi) is 1.33. The van der Waals surface area contributed by atoms with Crippen LogP contribution < -0.4 is 0 Å². The van der Waals surface area contributed by atoms with Crippen LogP contribution in [0, 0.1) is 12.3 Å². The van der Waals surface area contributed by atoms with E-state index < -0.39 is 0 Å². The average molecular weight is 211 g/mol. The van der Waals surface area contributed by atoms with Gasteiger partial charge in [0, 0.05) is 6.20 Å². The Hall–Kier alpha value is -0.750. The highest BCUT2D eigenvalue weighted by Gasteiger charge is 2.43. The molecule has 56 valence electrons. The van der Waals surface area contributed by atoms with Gasteiger partial charge in [-0.05, 0) is 28.8 Å². The van der Waals surface area contributed by atoms with E-state index in [0.717, 1.165) is 17.3 Å². The first-order valence-electron chi connectivity index (χ1n) is 3.45. The van der Waals surface area contributed by atoms with E-state index in [2.05, 4.69) is 26.9 Å². The van der Waals surface area contributed by atoms with Gasteiger partial charge in [-0.3, -0.25) is 4.68 Å². The molecule has 0 bridgehead atoms. The lowest BCUT2D eigenvalue weighted by molar-refractivity contribution is 0.542. The average Bonchev–Trinajstić information content (AvgIpc) is 2.70. The number of hydrogen-bond donors (Lipinski definition) is 0. The molecule has 2 rings (SSSR count). The molecule has 1 aliphatic carbocycles. The second kappa shape index (κ2) is 2.12. The Morgan fingerprint density at radius 1 is 1.73 bits per heavy atom. The summed E-state index contributed by atoms with van der Waals surface area (Å²) in [6.45, 7) is 0. The third-order valence-corrected chi connectivity index (χ3v) is 2.39. The van der Waals surface area contributed by atoms with Crippen LogP contribution in [0.4, 0.5) is 0 Å². The van der Waals surface area contributed by atoms with Crippen molar-refractivity contribution in [3.05, 3.63) is 16.9 Å². The van der Waals surface area contributed by atoms with Gasteiger partial charge in [0.05, 0.1) is 10.7 Å². The van der Waals surface area contributed by atoms with E-state index in [-0.39, 0.29) is 5.54 Å². The van der Waals surface area contributed by atoms with Crippen molar-refractivity contribution < 1.29 is 0 Å². The Balaban J connectivity index is 2.38. The maximum Gasteiger partial charge on any atom is 0.123 e. The predicted octanol–water partition coefficient (Wildman–Crippen LogP) is 1.77. The van der Waals surface area contributed by atoms with Gasteiger partial charge in [0.1, 0.15) is 5.54 Å². The summed E-state index contributed by atoms with van der Waals surface area (Å²) in [5.74, 6) is 2.76. The van der Waals surface area contributed by atoms with Crippen molar-refractivity contribution in [3.63, 3.8) is 0 Å². The van der Waals surface area contributed by atoms with Crippen molar-refractivity contribution >= 4 is 15.9 Å². The molecule has 0 amide bonds. The van der Waals surface area contributed by atoms with Crippen LogP contribution >= 0.6 is 15.9 Å². The summed E-state index contributed by atoms with van der Waals surface area (Å²) in [4.78, 5) is 0. The first-order chi connectivity index (χ1) is 5.27. The molecule has 0 radical (unpaired) electrons. The number of nitrogens with zero attached hydrogens (tertiary/aromatic N) is 2. The van der Waals surface area contributed by atoms with Gasteiger partial charge in [-0.1, -0.05) is 5.92 Å². The van der Waals surface area contributed by atoms with Crippen LogP contribution in [-0.2, 0) is 5.54 Å². The number of rotatable bonds is 1. The zero-order valence-electron chi connectivity index (χ0n) is 5.92. The van der Waals surface area contributed by atoms with Crippen LogP contribution in [0.2, 0.25) is 0 Å². The molecule has 1 aromatic rings. The quantitative estimate of drug-likeness (QED) is 0.647. The largest absolute Gasteiger partial charge is 0.253 e. The van der Waals surface area contributed by atoms with Crippen LogP contribution in [0.1, 0.15) is 12.8 Å². The minimum Gasteiger partial charge on any atom is -0.253 e. The fraction of sp³-hybridized carbons (Fsp3) is 0.375. The van der Waals surface area contributed by atoms with E-state index in [1.54, 1.807) is 6.20 Å².